The van der Waals surface area contributed by atoms with Gasteiger partial charge >= 0.3 is 0 Å². The lowest BCUT2D eigenvalue weighted by Gasteiger charge is -2.15. The molecular formula is C10H4F3NO2. The molecule has 0 radical (unpaired) electrons. The van der Waals surface area contributed by atoms with Crippen LogP contribution in [-0.2, 0) is 9.59 Å². The summed E-state index contributed by atoms with van der Waals surface area (Å²) >= 11 is 0. The number of halogens is 3. The van der Waals surface area contributed by atoms with Crippen LogP contribution >= 0.6 is 0 Å². The van der Waals surface area contributed by atoms with E-state index in [1.54, 1.807) is 0 Å². The summed E-state index contributed by atoms with van der Waals surface area (Å²) in [6.07, 6.45) is 1.76. The fourth-order valence-electron chi connectivity index (χ4n) is 1.37. The number of nitrogens with zero attached hydrogens (tertiary/aromatic N) is 1. The predicted molar refractivity (Wildman–Crippen MR) is 47.9 cm³/mol. The van der Waals surface area contributed by atoms with E-state index in [2.05, 4.69) is 0 Å². The standard InChI is InChI=1S/C10H4F3NO2/c11-5-3-6(12)10(7(13)4-5)14-8(15)1-2-9(14)16/h1-4H. The van der Waals surface area contributed by atoms with Crippen LogP contribution in [0.15, 0.2) is 24.3 Å². The minimum atomic E-state index is -1.30. The molecule has 0 bridgehead atoms. The first-order valence-corrected chi connectivity index (χ1v) is 4.21. The van der Waals surface area contributed by atoms with Crippen LogP contribution in [0.1, 0.15) is 0 Å². The van der Waals surface area contributed by atoms with E-state index in [0.717, 1.165) is 12.2 Å². The quantitative estimate of drug-likeness (QED) is 0.682. The summed E-state index contributed by atoms with van der Waals surface area (Å²) in [5.41, 5.74) is -0.860. The van der Waals surface area contributed by atoms with Crippen molar-refractivity contribution in [2.45, 2.75) is 0 Å². The Morgan fingerprint density at radius 3 is 1.75 bits per heavy atom. The summed E-state index contributed by atoms with van der Waals surface area (Å²) in [6.45, 7) is 0. The highest BCUT2D eigenvalue weighted by atomic mass is 19.1. The van der Waals surface area contributed by atoms with Gasteiger partial charge in [-0.3, -0.25) is 9.59 Å². The molecule has 0 aliphatic carbocycles. The fraction of sp³-hybridized carbons (Fsp3) is 0. The van der Waals surface area contributed by atoms with Crippen LogP contribution in [0.3, 0.4) is 0 Å². The highest BCUT2D eigenvalue weighted by Gasteiger charge is 2.30. The number of hydrogen-bond acceptors (Lipinski definition) is 2. The number of carbonyl (C=O) groups excluding carboxylic acids is 2. The summed E-state index contributed by atoms with van der Waals surface area (Å²) in [5, 5.41) is 0. The van der Waals surface area contributed by atoms with Crippen molar-refractivity contribution in [1.82, 2.24) is 0 Å². The Kier molecular flexibility index (Phi) is 2.26. The largest absolute Gasteiger partial charge is 0.269 e. The van der Waals surface area contributed by atoms with Crippen LogP contribution < -0.4 is 4.90 Å². The van der Waals surface area contributed by atoms with Gasteiger partial charge in [-0.15, -0.1) is 0 Å². The van der Waals surface area contributed by atoms with Crippen LogP contribution in [0.5, 0.6) is 0 Å². The lowest BCUT2D eigenvalue weighted by atomic mass is 10.2. The molecular weight excluding hydrogens is 223 g/mol. The minimum absolute atomic E-state index is 0.310. The number of amides is 2. The SMILES string of the molecule is O=C1C=CC(=O)N1c1c(F)cc(F)cc1F. The van der Waals surface area contributed by atoms with Gasteiger partial charge in [-0.05, 0) is 0 Å². The normalized spacial score (nSPS) is 15.1. The third-order valence-corrected chi connectivity index (χ3v) is 2.01. The molecule has 0 saturated heterocycles. The molecule has 1 aromatic rings. The van der Waals surface area contributed by atoms with Crippen molar-refractivity contribution in [3.05, 3.63) is 41.7 Å². The zero-order valence-corrected chi connectivity index (χ0v) is 7.71. The predicted octanol–water partition coefficient (Wildman–Crippen LogP) is 1.53. The molecule has 3 nitrogen and oxygen atoms in total. The Hall–Kier alpha value is -2.11. The number of carbonyl (C=O) groups is 2. The van der Waals surface area contributed by atoms with Crippen LogP contribution in [0.25, 0.3) is 0 Å². The molecule has 0 saturated carbocycles. The molecule has 0 aromatic heterocycles. The molecule has 2 amide bonds. The molecule has 1 heterocycles. The molecule has 2 rings (SSSR count). The van der Waals surface area contributed by atoms with Crippen LogP contribution in [0, 0.1) is 17.5 Å². The van der Waals surface area contributed by atoms with Gasteiger partial charge in [0, 0.05) is 24.3 Å². The molecule has 1 aliphatic heterocycles. The number of rotatable bonds is 1. The maximum Gasteiger partial charge on any atom is 0.258 e. The van der Waals surface area contributed by atoms with Gasteiger partial charge in [-0.2, -0.15) is 0 Å². The van der Waals surface area contributed by atoms with E-state index >= 15 is 0 Å². The molecule has 16 heavy (non-hydrogen) atoms. The molecule has 1 aliphatic rings. The van der Waals surface area contributed by atoms with Crippen molar-refractivity contribution in [1.29, 1.82) is 0 Å². The van der Waals surface area contributed by atoms with Gasteiger partial charge in [0.2, 0.25) is 0 Å². The average Bonchev–Trinajstić information content (AvgIpc) is 2.47. The summed E-state index contributed by atoms with van der Waals surface area (Å²) in [5.74, 6) is -5.46. The molecule has 6 heteroatoms. The van der Waals surface area contributed by atoms with E-state index in [-0.39, 0.29) is 0 Å². The highest BCUT2D eigenvalue weighted by Crippen LogP contribution is 2.26. The smallest absolute Gasteiger partial charge is 0.258 e. The second-order valence-corrected chi connectivity index (χ2v) is 3.06. The summed E-state index contributed by atoms with van der Waals surface area (Å²) in [7, 11) is 0. The number of hydrogen-bond donors (Lipinski definition) is 0. The fourth-order valence-corrected chi connectivity index (χ4v) is 1.37. The van der Waals surface area contributed by atoms with Crippen LogP contribution in [0.2, 0.25) is 0 Å². The van der Waals surface area contributed by atoms with E-state index in [4.69, 9.17) is 0 Å². The van der Waals surface area contributed by atoms with E-state index < -0.39 is 35.0 Å². The van der Waals surface area contributed by atoms with Crippen molar-refractivity contribution in [3.8, 4) is 0 Å². The highest BCUT2D eigenvalue weighted by molar-refractivity contribution is 6.28. The summed E-state index contributed by atoms with van der Waals surface area (Å²) in [4.78, 5) is 22.6. The first-order chi connectivity index (χ1) is 7.50. The molecule has 0 unspecified atom stereocenters. The van der Waals surface area contributed by atoms with E-state index in [1.807, 2.05) is 0 Å². The lowest BCUT2D eigenvalue weighted by molar-refractivity contribution is -0.120. The second kappa shape index (κ2) is 3.48. The van der Waals surface area contributed by atoms with Crippen molar-refractivity contribution in [2.75, 3.05) is 4.90 Å². The Labute approximate surface area is 87.8 Å². The molecule has 82 valence electrons. The molecule has 1 aromatic carbocycles. The first-order valence-electron chi connectivity index (χ1n) is 4.21. The monoisotopic (exact) mass is 227 g/mol. The Morgan fingerprint density at radius 2 is 1.31 bits per heavy atom. The van der Waals surface area contributed by atoms with Gasteiger partial charge < -0.3 is 0 Å². The average molecular weight is 227 g/mol. The van der Waals surface area contributed by atoms with Gasteiger partial charge in [0.15, 0.2) is 11.6 Å². The Morgan fingerprint density at radius 1 is 0.875 bits per heavy atom. The third-order valence-electron chi connectivity index (χ3n) is 2.01. The van der Waals surface area contributed by atoms with Crippen molar-refractivity contribution in [2.24, 2.45) is 0 Å². The zero-order valence-electron chi connectivity index (χ0n) is 7.71. The Balaban J connectivity index is 2.57. The van der Waals surface area contributed by atoms with Gasteiger partial charge in [-0.25, -0.2) is 18.1 Å². The zero-order chi connectivity index (χ0) is 11.9. The van der Waals surface area contributed by atoms with Gasteiger partial charge in [0.05, 0.1) is 0 Å². The topological polar surface area (TPSA) is 37.4 Å². The maximum absolute atomic E-state index is 13.3. The Bertz CT molecular complexity index is 484. The lowest BCUT2D eigenvalue weighted by Crippen LogP contribution is -2.31. The van der Waals surface area contributed by atoms with Gasteiger partial charge in [0.1, 0.15) is 11.5 Å². The van der Waals surface area contributed by atoms with Crippen LogP contribution in [-0.4, -0.2) is 11.8 Å². The second-order valence-electron chi connectivity index (χ2n) is 3.06. The first kappa shape index (κ1) is 10.4. The van der Waals surface area contributed by atoms with E-state index in [1.165, 1.54) is 0 Å². The van der Waals surface area contributed by atoms with Crippen molar-refractivity contribution < 1.29 is 22.8 Å². The minimum Gasteiger partial charge on any atom is -0.269 e. The maximum atomic E-state index is 13.3. The number of benzene rings is 1. The van der Waals surface area contributed by atoms with E-state index in [0.29, 0.717) is 17.0 Å². The molecule has 0 N–H and O–H groups in total. The van der Waals surface area contributed by atoms with Crippen LogP contribution in [0.4, 0.5) is 18.9 Å². The van der Waals surface area contributed by atoms with Crippen molar-refractivity contribution in [3.63, 3.8) is 0 Å². The molecule has 0 fully saturated rings. The number of anilines is 1. The van der Waals surface area contributed by atoms with Gasteiger partial charge in [0.25, 0.3) is 11.8 Å². The van der Waals surface area contributed by atoms with E-state index in [9.17, 15) is 22.8 Å². The van der Waals surface area contributed by atoms with Crippen molar-refractivity contribution >= 4 is 17.5 Å². The third kappa shape index (κ3) is 1.48. The molecule has 0 spiro atoms. The number of imide groups is 1. The molecule has 0 atom stereocenters. The van der Waals surface area contributed by atoms with Gasteiger partial charge in [-0.1, -0.05) is 0 Å². The summed E-state index contributed by atoms with van der Waals surface area (Å²) < 4.78 is 39.1. The summed E-state index contributed by atoms with van der Waals surface area (Å²) in [6, 6.07) is 0.800.